The summed E-state index contributed by atoms with van der Waals surface area (Å²) in [7, 11) is 1.62. The summed E-state index contributed by atoms with van der Waals surface area (Å²) >= 11 is 7.78. The smallest absolute Gasteiger partial charge is 0.223 e. The van der Waals surface area contributed by atoms with E-state index in [4.69, 9.17) is 26.1 Å². The number of nitrogens with one attached hydrogen (secondary N) is 1. The van der Waals surface area contributed by atoms with Crippen molar-refractivity contribution in [3.63, 3.8) is 0 Å². The molecule has 0 aliphatic heterocycles. The van der Waals surface area contributed by atoms with Gasteiger partial charge in [0.15, 0.2) is 0 Å². The lowest BCUT2D eigenvalue weighted by Crippen LogP contribution is -2.53. The number of hydrogen-bond donors (Lipinski definition) is 2. The quantitative estimate of drug-likeness (QED) is 0.501. The lowest BCUT2D eigenvalue weighted by molar-refractivity contribution is -0.135. The molecule has 0 spiro atoms. The summed E-state index contributed by atoms with van der Waals surface area (Å²) in [6.07, 6.45) is 2.20. The van der Waals surface area contributed by atoms with E-state index in [1.165, 1.54) is 4.88 Å². The number of amides is 1. The second-order valence-corrected chi connectivity index (χ2v) is 11.7. The first-order chi connectivity index (χ1) is 16.2. The molecular weight excluding hydrogens is 472 g/mol. The zero-order valence-electron chi connectivity index (χ0n) is 20.3. The summed E-state index contributed by atoms with van der Waals surface area (Å²) in [6, 6.07) is 7.38. The van der Waals surface area contributed by atoms with Crippen LogP contribution in [0.15, 0.2) is 24.3 Å². The van der Waals surface area contributed by atoms with E-state index >= 15 is 0 Å². The van der Waals surface area contributed by atoms with E-state index in [9.17, 15) is 9.90 Å². The Morgan fingerprint density at radius 2 is 2.24 bits per heavy atom. The minimum atomic E-state index is -0.544. The van der Waals surface area contributed by atoms with Crippen molar-refractivity contribution in [3.8, 4) is 5.75 Å². The van der Waals surface area contributed by atoms with Gasteiger partial charge in [0, 0.05) is 35.4 Å². The Balaban J connectivity index is 1.48. The molecule has 1 fully saturated rings. The summed E-state index contributed by atoms with van der Waals surface area (Å²) in [5.74, 6) is 0.590. The number of ether oxygens (including phenoxy) is 2. The molecule has 1 aromatic heterocycles. The number of benzene rings is 1. The Kier molecular flexibility index (Phi) is 7.87. The molecule has 2 aliphatic carbocycles. The minimum absolute atomic E-state index is 0.00774. The maximum Gasteiger partial charge on any atom is 0.223 e. The van der Waals surface area contributed by atoms with Crippen LogP contribution in [0.3, 0.4) is 0 Å². The Bertz CT molecular complexity index is 1010. The predicted octanol–water partition coefficient (Wildman–Crippen LogP) is 4.83. The number of aromatic nitrogens is 1. The van der Waals surface area contributed by atoms with Gasteiger partial charge in [-0.3, -0.25) is 4.79 Å². The third kappa shape index (κ3) is 5.13. The van der Waals surface area contributed by atoms with Gasteiger partial charge in [0.1, 0.15) is 17.4 Å². The van der Waals surface area contributed by atoms with Gasteiger partial charge in [0.25, 0.3) is 0 Å². The molecule has 4 rings (SSSR count). The molecule has 2 aromatic rings. The maximum absolute atomic E-state index is 12.7. The number of rotatable bonds is 8. The van der Waals surface area contributed by atoms with Crippen molar-refractivity contribution in [2.45, 2.75) is 58.7 Å². The largest absolute Gasteiger partial charge is 0.486 e. The van der Waals surface area contributed by atoms with Gasteiger partial charge < -0.3 is 19.9 Å². The molecule has 6 unspecified atom stereocenters. The van der Waals surface area contributed by atoms with Crippen molar-refractivity contribution in [2.75, 3.05) is 20.3 Å². The van der Waals surface area contributed by atoms with Gasteiger partial charge in [0.05, 0.1) is 18.4 Å². The third-order valence-corrected chi connectivity index (χ3v) is 9.07. The molecule has 6 nitrogen and oxygen atoms in total. The number of methoxy groups -OCH3 is 1. The van der Waals surface area contributed by atoms with Crippen molar-refractivity contribution in [2.24, 2.45) is 23.2 Å². The topological polar surface area (TPSA) is 80.7 Å². The fourth-order valence-electron chi connectivity index (χ4n) is 5.99. The van der Waals surface area contributed by atoms with Crippen LogP contribution in [0.4, 0.5) is 0 Å². The van der Waals surface area contributed by atoms with E-state index in [-0.39, 0.29) is 35.0 Å². The summed E-state index contributed by atoms with van der Waals surface area (Å²) in [5.41, 5.74) is 1.07. The van der Waals surface area contributed by atoms with Crippen LogP contribution in [-0.2, 0) is 22.6 Å². The van der Waals surface area contributed by atoms with E-state index in [0.29, 0.717) is 24.8 Å². The monoisotopic (exact) mass is 506 g/mol. The Morgan fingerprint density at radius 1 is 1.44 bits per heavy atom. The van der Waals surface area contributed by atoms with Gasteiger partial charge in [-0.05, 0) is 54.7 Å². The molecule has 2 aliphatic rings. The zero-order valence-corrected chi connectivity index (χ0v) is 21.9. The first-order valence-corrected chi connectivity index (χ1v) is 13.2. The molecule has 1 aromatic carbocycles. The lowest BCUT2D eigenvalue weighted by Gasteiger charge is -2.53. The molecule has 8 heteroatoms. The number of carbonyl (C=O) groups excluding carboxylic acids is 1. The van der Waals surface area contributed by atoms with E-state index in [2.05, 4.69) is 19.2 Å². The Morgan fingerprint density at radius 3 is 2.97 bits per heavy atom. The van der Waals surface area contributed by atoms with E-state index in [0.717, 1.165) is 35.7 Å². The van der Waals surface area contributed by atoms with Crippen LogP contribution in [0.5, 0.6) is 5.75 Å². The number of aliphatic hydroxyl groups excluding tert-OH is 1. The highest BCUT2D eigenvalue weighted by Crippen LogP contribution is 2.57. The summed E-state index contributed by atoms with van der Waals surface area (Å²) in [6.45, 7) is 7.78. The number of halogens is 1. The SMILES string of the molecule is COCCNC(=O)C(C)C1CCC2(C)Cc3sc(COc4cccc(Cl)c4)nc3C(C)C2C1O. The normalized spacial score (nSPS) is 29.1. The molecule has 1 amide bonds. The standard InChI is InChI=1S/C26H35ClN2O4S/c1-15(25(31)28-10-11-32-4)19-8-9-26(3)13-20-23(16(2)22(26)24(19)30)29-21(34-20)14-33-18-7-5-6-17(27)12-18/h5-7,12,15-16,19,22,24,30H,8-11,13-14H2,1-4H3,(H,28,31). The van der Waals surface area contributed by atoms with Crippen LogP contribution in [0.1, 0.15) is 55.1 Å². The molecular formula is C26H35ClN2O4S. The lowest BCUT2D eigenvalue weighted by atomic mass is 9.53. The van der Waals surface area contributed by atoms with Gasteiger partial charge in [0.2, 0.25) is 5.91 Å². The number of thiazole rings is 1. The summed E-state index contributed by atoms with van der Waals surface area (Å²) in [4.78, 5) is 18.9. The van der Waals surface area contributed by atoms with Crippen LogP contribution < -0.4 is 10.1 Å². The van der Waals surface area contributed by atoms with Gasteiger partial charge in [-0.1, -0.05) is 38.4 Å². The van der Waals surface area contributed by atoms with Crippen molar-refractivity contribution >= 4 is 28.8 Å². The highest BCUT2D eigenvalue weighted by atomic mass is 35.5. The molecule has 186 valence electrons. The van der Waals surface area contributed by atoms with Gasteiger partial charge in [-0.25, -0.2) is 4.98 Å². The molecule has 0 saturated heterocycles. The number of fused-ring (bicyclic) bond motifs is 2. The van der Waals surface area contributed by atoms with Crippen molar-refractivity contribution < 1.29 is 19.4 Å². The molecule has 6 atom stereocenters. The van der Waals surface area contributed by atoms with E-state index < -0.39 is 6.10 Å². The fraction of sp³-hybridized carbons (Fsp3) is 0.615. The van der Waals surface area contributed by atoms with Crippen LogP contribution in [0.25, 0.3) is 0 Å². The van der Waals surface area contributed by atoms with Crippen molar-refractivity contribution in [1.29, 1.82) is 0 Å². The number of carbonyl (C=O) groups is 1. The first-order valence-electron chi connectivity index (χ1n) is 12.0. The third-order valence-electron chi connectivity index (χ3n) is 7.79. The molecule has 2 N–H and O–H groups in total. The van der Waals surface area contributed by atoms with Crippen LogP contribution in [-0.4, -0.2) is 42.4 Å². The number of aliphatic hydroxyl groups is 1. The fourth-order valence-corrected chi connectivity index (χ4v) is 7.46. The number of hydrogen-bond acceptors (Lipinski definition) is 6. The maximum atomic E-state index is 12.7. The Labute approximate surface area is 211 Å². The van der Waals surface area contributed by atoms with Gasteiger partial charge in [-0.15, -0.1) is 11.3 Å². The average molecular weight is 507 g/mol. The second kappa shape index (κ2) is 10.5. The highest BCUT2D eigenvalue weighted by Gasteiger charge is 2.53. The predicted molar refractivity (Wildman–Crippen MR) is 134 cm³/mol. The molecule has 1 saturated carbocycles. The van der Waals surface area contributed by atoms with Gasteiger partial charge in [-0.2, -0.15) is 0 Å². The summed E-state index contributed by atoms with van der Waals surface area (Å²) < 4.78 is 11.0. The van der Waals surface area contributed by atoms with Crippen LogP contribution in [0.2, 0.25) is 5.02 Å². The Hall–Kier alpha value is -1.67. The second-order valence-electron chi connectivity index (χ2n) is 10.1. The van der Waals surface area contributed by atoms with Crippen molar-refractivity contribution in [3.05, 3.63) is 44.9 Å². The average Bonchev–Trinajstić information content (AvgIpc) is 3.20. The summed E-state index contributed by atoms with van der Waals surface area (Å²) in [5, 5.41) is 16.1. The van der Waals surface area contributed by atoms with E-state index in [1.807, 2.05) is 25.1 Å². The van der Waals surface area contributed by atoms with E-state index in [1.54, 1.807) is 24.5 Å². The zero-order chi connectivity index (χ0) is 24.5. The van der Waals surface area contributed by atoms with Crippen LogP contribution in [0, 0.1) is 23.2 Å². The highest BCUT2D eigenvalue weighted by molar-refractivity contribution is 7.11. The first kappa shape index (κ1) is 25.4. The van der Waals surface area contributed by atoms with Gasteiger partial charge >= 0.3 is 0 Å². The molecule has 0 bridgehead atoms. The number of nitrogens with zero attached hydrogens (tertiary/aromatic N) is 1. The molecule has 34 heavy (non-hydrogen) atoms. The molecule has 0 radical (unpaired) electrons. The minimum Gasteiger partial charge on any atom is -0.486 e. The van der Waals surface area contributed by atoms with Crippen LogP contribution >= 0.6 is 22.9 Å². The van der Waals surface area contributed by atoms with Crippen molar-refractivity contribution in [1.82, 2.24) is 10.3 Å². The molecule has 1 heterocycles.